The van der Waals surface area contributed by atoms with E-state index in [1.54, 1.807) is 6.20 Å². The van der Waals surface area contributed by atoms with Crippen molar-refractivity contribution >= 4 is 5.71 Å². The van der Waals surface area contributed by atoms with Crippen molar-refractivity contribution < 1.29 is 0 Å². The molecule has 0 rings (SSSR count). The molecule has 0 aromatic carbocycles. The number of hydrogen-bond acceptors (Lipinski definition) is 2. The van der Waals surface area contributed by atoms with Gasteiger partial charge in [-0.2, -0.15) is 0 Å². The minimum atomic E-state index is -0.0206. The number of rotatable bonds is 2. The van der Waals surface area contributed by atoms with Gasteiger partial charge in [0.15, 0.2) is 0 Å². The topological polar surface area (TPSA) is 38.4 Å². The van der Waals surface area contributed by atoms with Gasteiger partial charge in [-0.1, -0.05) is 13.8 Å². The van der Waals surface area contributed by atoms with Gasteiger partial charge < -0.3 is 5.73 Å². The Kier molecular flexibility index (Phi) is 4.18. The van der Waals surface area contributed by atoms with Gasteiger partial charge in [0, 0.05) is 5.71 Å². The van der Waals surface area contributed by atoms with E-state index in [-0.39, 0.29) is 5.54 Å². The molecule has 0 radical (unpaired) electrons. The molecule has 0 aromatic heterocycles. The molecular weight excluding hydrogens is 160 g/mol. The number of aliphatic imine (C=N–C) groups is 1. The predicted octanol–water partition coefficient (Wildman–Crippen LogP) is 2.74. The van der Waals surface area contributed by atoms with Gasteiger partial charge in [0.05, 0.1) is 5.54 Å². The van der Waals surface area contributed by atoms with Crippen molar-refractivity contribution in [3.63, 3.8) is 0 Å². The summed E-state index contributed by atoms with van der Waals surface area (Å²) in [6.45, 7) is 12.5. The van der Waals surface area contributed by atoms with Crippen LogP contribution in [0.3, 0.4) is 0 Å². The highest BCUT2D eigenvalue weighted by Gasteiger charge is 2.11. The molecule has 0 saturated carbocycles. The van der Waals surface area contributed by atoms with Crippen LogP contribution < -0.4 is 5.73 Å². The Hall–Kier alpha value is -0.790. The summed E-state index contributed by atoms with van der Waals surface area (Å²) in [5.74, 6) is 0.441. The lowest BCUT2D eigenvalue weighted by Crippen LogP contribution is -2.16. The summed E-state index contributed by atoms with van der Waals surface area (Å²) >= 11 is 0. The molecule has 13 heavy (non-hydrogen) atoms. The maximum atomic E-state index is 5.55. The van der Waals surface area contributed by atoms with Crippen LogP contribution >= 0.6 is 0 Å². The van der Waals surface area contributed by atoms with Crippen molar-refractivity contribution in [2.45, 2.75) is 47.1 Å². The molecular formula is C11H22N2. The van der Waals surface area contributed by atoms with E-state index in [4.69, 9.17) is 5.73 Å². The van der Waals surface area contributed by atoms with E-state index < -0.39 is 0 Å². The Bertz CT molecular complexity index is 217. The third kappa shape index (κ3) is 4.71. The van der Waals surface area contributed by atoms with Crippen LogP contribution in [-0.4, -0.2) is 11.3 Å². The van der Waals surface area contributed by atoms with Crippen molar-refractivity contribution in [1.29, 1.82) is 0 Å². The lowest BCUT2D eigenvalue weighted by Gasteiger charge is -2.17. The van der Waals surface area contributed by atoms with Gasteiger partial charge in [-0.05, 0) is 45.4 Å². The SMILES string of the molecule is CC(=NC(C)(C)C)/C(=C\N)C(C)C. The zero-order chi connectivity index (χ0) is 10.6. The summed E-state index contributed by atoms with van der Waals surface area (Å²) in [5, 5.41) is 0. The van der Waals surface area contributed by atoms with Gasteiger partial charge in [-0.25, -0.2) is 0 Å². The highest BCUT2D eigenvalue weighted by molar-refractivity contribution is 5.98. The first-order chi connectivity index (χ1) is 5.78. The monoisotopic (exact) mass is 182 g/mol. The average molecular weight is 182 g/mol. The van der Waals surface area contributed by atoms with E-state index >= 15 is 0 Å². The van der Waals surface area contributed by atoms with Crippen LogP contribution in [0.15, 0.2) is 16.8 Å². The summed E-state index contributed by atoms with van der Waals surface area (Å²) in [7, 11) is 0. The Morgan fingerprint density at radius 1 is 1.31 bits per heavy atom. The zero-order valence-corrected chi connectivity index (χ0v) is 9.68. The molecule has 0 atom stereocenters. The third-order valence-corrected chi connectivity index (χ3v) is 1.72. The van der Waals surface area contributed by atoms with E-state index in [9.17, 15) is 0 Å². The molecule has 0 aliphatic rings. The van der Waals surface area contributed by atoms with Crippen molar-refractivity contribution in [2.75, 3.05) is 0 Å². The molecule has 0 bridgehead atoms. The first kappa shape index (κ1) is 12.2. The number of allylic oxidation sites excluding steroid dienone is 1. The first-order valence-corrected chi connectivity index (χ1v) is 4.76. The molecule has 0 aromatic rings. The van der Waals surface area contributed by atoms with Crippen molar-refractivity contribution in [3.05, 3.63) is 11.8 Å². The average Bonchev–Trinajstić information content (AvgIpc) is 1.82. The number of hydrogen-bond donors (Lipinski definition) is 1. The van der Waals surface area contributed by atoms with E-state index in [1.807, 2.05) is 6.92 Å². The van der Waals surface area contributed by atoms with Crippen LogP contribution in [0, 0.1) is 5.92 Å². The lowest BCUT2D eigenvalue weighted by molar-refractivity contribution is 0.582. The van der Waals surface area contributed by atoms with Gasteiger partial charge in [0.25, 0.3) is 0 Å². The Morgan fingerprint density at radius 2 is 1.77 bits per heavy atom. The molecule has 0 amide bonds. The highest BCUT2D eigenvalue weighted by Crippen LogP contribution is 2.14. The Labute approximate surface area is 81.9 Å². The normalized spacial score (nSPS) is 15.3. The molecule has 0 spiro atoms. The third-order valence-electron chi connectivity index (χ3n) is 1.72. The summed E-state index contributed by atoms with van der Waals surface area (Å²) < 4.78 is 0. The van der Waals surface area contributed by atoms with Crippen LogP contribution in [0.5, 0.6) is 0 Å². The molecule has 0 fully saturated rings. The second-order valence-electron chi connectivity index (χ2n) is 4.64. The van der Waals surface area contributed by atoms with Crippen molar-refractivity contribution in [1.82, 2.24) is 0 Å². The molecule has 0 aliphatic heterocycles. The second-order valence-corrected chi connectivity index (χ2v) is 4.64. The maximum absolute atomic E-state index is 5.55. The van der Waals surface area contributed by atoms with Gasteiger partial charge in [0.1, 0.15) is 0 Å². The van der Waals surface area contributed by atoms with Crippen LogP contribution in [0.25, 0.3) is 0 Å². The number of nitrogens with two attached hydrogens (primary N) is 1. The molecule has 2 heteroatoms. The van der Waals surface area contributed by atoms with Gasteiger partial charge in [-0.3, -0.25) is 4.99 Å². The van der Waals surface area contributed by atoms with Crippen LogP contribution in [0.1, 0.15) is 41.5 Å². The van der Waals surface area contributed by atoms with Crippen molar-refractivity contribution in [2.24, 2.45) is 16.6 Å². The fourth-order valence-electron chi connectivity index (χ4n) is 1.30. The smallest absolute Gasteiger partial charge is 0.0527 e. The zero-order valence-electron chi connectivity index (χ0n) is 9.68. The fourth-order valence-corrected chi connectivity index (χ4v) is 1.30. The minimum absolute atomic E-state index is 0.0206. The summed E-state index contributed by atoms with van der Waals surface area (Å²) in [6.07, 6.45) is 1.66. The Balaban J connectivity index is 4.77. The Morgan fingerprint density at radius 3 is 2.00 bits per heavy atom. The molecule has 0 unspecified atom stereocenters. The summed E-state index contributed by atoms with van der Waals surface area (Å²) in [6, 6.07) is 0. The molecule has 0 saturated heterocycles. The first-order valence-electron chi connectivity index (χ1n) is 4.76. The number of nitrogens with zero attached hydrogens (tertiary/aromatic N) is 1. The summed E-state index contributed by atoms with van der Waals surface area (Å²) in [5.41, 5.74) is 7.71. The highest BCUT2D eigenvalue weighted by atomic mass is 14.8. The quantitative estimate of drug-likeness (QED) is 0.655. The van der Waals surface area contributed by atoms with E-state index in [1.165, 1.54) is 0 Å². The predicted molar refractivity (Wildman–Crippen MR) is 60.0 cm³/mol. The molecule has 0 heterocycles. The van der Waals surface area contributed by atoms with Gasteiger partial charge in [-0.15, -0.1) is 0 Å². The standard InChI is InChI=1S/C11H22N2/c1-8(2)10(7-12)9(3)13-11(4,5)6/h7-8H,12H2,1-6H3/b10-7-,13-9?. The summed E-state index contributed by atoms with van der Waals surface area (Å²) in [4.78, 5) is 4.57. The van der Waals surface area contributed by atoms with Crippen LogP contribution in [0.4, 0.5) is 0 Å². The fraction of sp³-hybridized carbons (Fsp3) is 0.727. The van der Waals surface area contributed by atoms with Gasteiger partial charge >= 0.3 is 0 Å². The molecule has 0 aliphatic carbocycles. The minimum Gasteiger partial charge on any atom is -0.404 e. The maximum Gasteiger partial charge on any atom is 0.0527 e. The van der Waals surface area contributed by atoms with E-state index in [2.05, 4.69) is 39.6 Å². The molecule has 76 valence electrons. The molecule has 2 nitrogen and oxygen atoms in total. The lowest BCUT2D eigenvalue weighted by atomic mass is 9.99. The second kappa shape index (κ2) is 4.45. The van der Waals surface area contributed by atoms with Crippen molar-refractivity contribution in [3.8, 4) is 0 Å². The largest absolute Gasteiger partial charge is 0.404 e. The van der Waals surface area contributed by atoms with Crippen LogP contribution in [-0.2, 0) is 0 Å². The molecule has 2 N–H and O–H groups in total. The van der Waals surface area contributed by atoms with Crippen LogP contribution in [0.2, 0.25) is 0 Å². The van der Waals surface area contributed by atoms with Gasteiger partial charge in [0.2, 0.25) is 0 Å². The van der Waals surface area contributed by atoms with E-state index in [0.717, 1.165) is 11.3 Å². The van der Waals surface area contributed by atoms with E-state index in [0.29, 0.717) is 5.92 Å².